The van der Waals surface area contributed by atoms with Gasteiger partial charge in [-0.3, -0.25) is 0 Å². The highest BCUT2D eigenvalue weighted by atomic mass is 19.1. The van der Waals surface area contributed by atoms with Crippen LogP contribution in [0.25, 0.3) is 16.7 Å². The molecule has 1 aliphatic rings. The summed E-state index contributed by atoms with van der Waals surface area (Å²) >= 11 is 0. The molecule has 24 heavy (non-hydrogen) atoms. The average Bonchev–Trinajstić information content (AvgIpc) is 2.86. The van der Waals surface area contributed by atoms with Crippen LogP contribution >= 0.6 is 0 Å². The molecule has 3 aromatic rings. The lowest BCUT2D eigenvalue weighted by molar-refractivity contribution is 0.612. The van der Waals surface area contributed by atoms with Crippen molar-refractivity contribution in [2.24, 2.45) is 0 Å². The summed E-state index contributed by atoms with van der Waals surface area (Å²) in [5.74, 6) is 0.467. The van der Waals surface area contributed by atoms with Gasteiger partial charge in [-0.15, -0.1) is 0 Å². The van der Waals surface area contributed by atoms with Gasteiger partial charge in [0.1, 0.15) is 23.6 Å². The van der Waals surface area contributed by atoms with E-state index in [1.807, 2.05) is 0 Å². The van der Waals surface area contributed by atoms with Gasteiger partial charge >= 0.3 is 0 Å². The summed E-state index contributed by atoms with van der Waals surface area (Å²) < 4.78 is 15.6. The highest BCUT2D eigenvalue weighted by Crippen LogP contribution is 2.26. The first-order valence-electron chi connectivity index (χ1n) is 8.53. The minimum Gasteiger partial charge on any atom is -0.367 e. The summed E-state index contributed by atoms with van der Waals surface area (Å²) in [5.41, 5.74) is 1.01. The predicted molar refractivity (Wildman–Crippen MR) is 91.7 cm³/mol. The van der Waals surface area contributed by atoms with Crippen LogP contribution in [0.3, 0.4) is 0 Å². The summed E-state index contributed by atoms with van der Waals surface area (Å²) in [5, 5.41) is 8.70. The number of hydrogen-bond acceptors (Lipinski definition) is 4. The summed E-state index contributed by atoms with van der Waals surface area (Å²) in [6, 6.07) is 7.01. The van der Waals surface area contributed by atoms with Gasteiger partial charge in [0, 0.05) is 6.04 Å². The number of rotatable bonds is 3. The van der Waals surface area contributed by atoms with Crippen molar-refractivity contribution in [3.8, 4) is 5.69 Å². The Morgan fingerprint density at radius 3 is 2.62 bits per heavy atom. The van der Waals surface area contributed by atoms with Gasteiger partial charge in [0.15, 0.2) is 5.65 Å². The third-order valence-electron chi connectivity index (χ3n) is 4.64. The molecule has 2 heterocycles. The van der Waals surface area contributed by atoms with Crippen LogP contribution in [0, 0.1) is 5.82 Å². The highest BCUT2D eigenvalue weighted by molar-refractivity contribution is 5.87. The molecule has 124 valence electrons. The third-order valence-corrected chi connectivity index (χ3v) is 4.64. The van der Waals surface area contributed by atoms with E-state index in [1.165, 1.54) is 42.8 Å². The molecule has 0 spiro atoms. The molecule has 2 aromatic heterocycles. The van der Waals surface area contributed by atoms with E-state index in [9.17, 15) is 4.39 Å². The van der Waals surface area contributed by atoms with Gasteiger partial charge < -0.3 is 5.32 Å². The topological polar surface area (TPSA) is 55.6 Å². The van der Waals surface area contributed by atoms with E-state index in [4.69, 9.17) is 0 Å². The van der Waals surface area contributed by atoms with Crippen molar-refractivity contribution in [1.29, 1.82) is 0 Å². The van der Waals surface area contributed by atoms with Gasteiger partial charge in [-0.25, -0.2) is 19.0 Å². The Balaban J connectivity index is 1.70. The van der Waals surface area contributed by atoms with Crippen molar-refractivity contribution in [3.05, 3.63) is 42.6 Å². The summed E-state index contributed by atoms with van der Waals surface area (Å²) in [6.45, 7) is 0. The van der Waals surface area contributed by atoms with Gasteiger partial charge in [0.25, 0.3) is 0 Å². The molecule has 0 radical (unpaired) electrons. The van der Waals surface area contributed by atoms with Crippen molar-refractivity contribution in [1.82, 2.24) is 19.7 Å². The summed E-state index contributed by atoms with van der Waals surface area (Å²) in [6.07, 6.45) is 10.7. The molecule has 0 bridgehead atoms. The van der Waals surface area contributed by atoms with Crippen molar-refractivity contribution in [2.75, 3.05) is 5.32 Å². The molecule has 1 aliphatic carbocycles. The molecule has 0 amide bonds. The minimum atomic E-state index is -0.320. The Hall–Kier alpha value is -2.50. The lowest BCUT2D eigenvalue weighted by Gasteiger charge is -2.17. The zero-order valence-corrected chi connectivity index (χ0v) is 13.5. The third kappa shape index (κ3) is 2.84. The minimum absolute atomic E-state index is 0.320. The van der Waals surface area contributed by atoms with E-state index in [0.29, 0.717) is 17.4 Å². The lowest BCUT2D eigenvalue weighted by atomic mass is 10.1. The fourth-order valence-electron chi connectivity index (χ4n) is 3.38. The van der Waals surface area contributed by atoms with Crippen LogP contribution in [0.5, 0.6) is 0 Å². The van der Waals surface area contributed by atoms with E-state index in [0.717, 1.165) is 24.0 Å². The Bertz CT molecular complexity index is 836. The second-order valence-corrected chi connectivity index (χ2v) is 6.30. The molecule has 1 saturated carbocycles. The van der Waals surface area contributed by atoms with Gasteiger partial charge in [-0.2, -0.15) is 5.10 Å². The van der Waals surface area contributed by atoms with Gasteiger partial charge in [-0.1, -0.05) is 37.8 Å². The zero-order chi connectivity index (χ0) is 16.4. The van der Waals surface area contributed by atoms with Crippen LogP contribution in [0.1, 0.15) is 38.5 Å². The standard InChI is InChI=1S/C18H20FN5/c19-15-9-5-6-10-16(15)24-18-14(11-22-24)17(20-12-21-18)23-13-7-3-1-2-4-8-13/h5-6,9-13H,1-4,7-8H2,(H,20,21,23). The fourth-order valence-corrected chi connectivity index (χ4v) is 3.38. The second kappa shape index (κ2) is 6.55. The van der Waals surface area contributed by atoms with Crippen LogP contribution in [0.15, 0.2) is 36.8 Å². The number of fused-ring (bicyclic) bond motifs is 1. The van der Waals surface area contributed by atoms with E-state index >= 15 is 0 Å². The van der Waals surface area contributed by atoms with Crippen molar-refractivity contribution < 1.29 is 4.39 Å². The van der Waals surface area contributed by atoms with Crippen LogP contribution in [-0.4, -0.2) is 25.8 Å². The van der Waals surface area contributed by atoms with E-state index in [-0.39, 0.29) is 5.82 Å². The number of aromatic nitrogens is 4. The SMILES string of the molecule is Fc1ccccc1-n1ncc2c(NC3CCCCCC3)ncnc21. The van der Waals surface area contributed by atoms with Crippen LogP contribution < -0.4 is 5.32 Å². The number of nitrogens with one attached hydrogen (secondary N) is 1. The maximum absolute atomic E-state index is 14.1. The van der Waals surface area contributed by atoms with Gasteiger partial charge in [-0.05, 0) is 25.0 Å². The van der Waals surface area contributed by atoms with Crippen LogP contribution in [0.2, 0.25) is 0 Å². The zero-order valence-electron chi connectivity index (χ0n) is 13.5. The van der Waals surface area contributed by atoms with Crippen LogP contribution in [0.4, 0.5) is 10.2 Å². The smallest absolute Gasteiger partial charge is 0.168 e. The Morgan fingerprint density at radius 1 is 1.04 bits per heavy atom. The molecule has 4 rings (SSSR count). The van der Waals surface area contributed by atoms with E-state index < -0.39 is 0 Å². The maximum Gasteiger partial charge on any atom is 0.168 e. The predicted octanol–water partition coefficient (Wildman–Crippen LogP) is 4.09. The van der Waals surface area contributed by atoms with Gasteiger partial charge in [0.05, 0.1) is 11.6 Å². The molecule has 1 fully saturated rings. The van der Waals surface area contributed by atoms with Crippen molar-refractivity contribution >= 4 is 16.9 Å². The highest BCUT2D eigenvalue weighted by Gasteiger charge is 2.17. The quantitative estimate of drug-likeness (QED) is 0.737. The second-order valence-electron chi connectivity index (χ2n) is 6.30. The number of hydrogen-bond donors (Lipinski definition) is 1. The number of nitrogens with zero attached hydrogens (tertiary/aromatic N) is 4. The molecule has 5 nitrogen and oxygen atoms in total. The van der Waals surface area contributed by atoms with Gasteiger partial charge in [0.2, 0.25) is 0 Å². The van der Waals surface area contributed by atoms with Crippen molar-refractivity contribution in [2.45, 2.75) is 44.6 Å². The first-order chi connectivity index (χ1) is 11.8. The van der Waals surface area contributed by atoms with E-state index in [1.54, 1.807) is 24.4 Å². The lowest BCUT2D eigenvalue weighted by Crippen LogP contribution is -2.19. The molecular weight excluding hydrogens is 305 g/mol. The molecule has 1 aromatic carbocycles. The number of halogens is 1. The molecule has 6 heteroatoms. The molecule has 0 aliphatic heterocycles. The molecule has 1 N–H and O–H groups in total. The Kier molecular flexibility index (Phi) is 4.11. The summed E-state index contributed by atoms with van der Waals surface area (Å²) in [4.78, 5) is 8.71. The molecular formula is C18H20FN5. The Morgan fingerprint density at radius 2 is 1.83 bits per heavy atom. The van der Waals surface area contributed by atoms with E-state index in [2.05, 4.69) is 20.4 Å². The first-order valence-corrected chi connectivity index (χ1v) is 8.53. The molecule has 0 atom stereocenters. The molecule has 0 unspecified atom stereocenters. The van der Waals surface area contributed by atoms with Crippen LogP contribution in [-0.2, 0) is 0 Å². The fraction of sp³-hybridized carbons (Fsp3) is 0.389. The maximum atomic E-state index is 14.1. The monoisotopic (exact) mass is 325 g/mol. The number of para-hydroxylation sites is 1. The number of anilines is 1. The normalized spacial score (nSPS) is 16.2. The average molecular weight is 325 g/mol. The number of benzene rings is 1. The first kappa shape index (κ1) is 15.1. The summed E-state index contributed by atoms with van der Waals surface area (Å²) in [7, 11) is 0. The molecule has 0 saturated heterocycles. The van der Waals surface area contributed by atoms with Crippen molar-refractivity contribution in [3.63, 3.8) is 0 Å². The largest absolute Gasteiger partial charge is 0.367 e. The Labute approximate surface area is 139 Å².